The second-order valence-corrected chi connectivity index (χ2v) is 6.79. The largest absolute Gasteiger partial charge is 0.448 e. The number of hydrogen-bond acceptors (Lipinski definition) is 8. The molecule has 0 fully saturated rings. The van der Waals surface area contributed by atoms with Crippen LogP contribution in [0.1, 0.15) is 11.8 Å². The summed E-state index contributed by atoms with van der Waals surface area (Å²) in [6.07, 6.45) is 1.13. The standard InChI is InChI=1S/C17H12ClN5O3S/c1-27-17-20-16-14(21-22-17)10-4-2-3-5-12(10)19-15(26-16)9-6-7-11(18)13(8-9)23(24)25/h2-8,15,19H,1H3. The first-order valence-corrected chi connectivity index (χ1v) is 9.42. The van der Waals surface area contributed by atoms with E-state index < -0.39 is 11.2 Å². The topological polar surface area (TPSA) is 103 Å². The molecule has 2 aromatic carbocycles. The van der Waals surface area contributed by atoms with Crippen molar-refractivity contribution < 1.29 is 9.66 Å². The van der Waals surface area contributed by atoms with Gasteiger partial charge in [-0.1, -0.05) is 47.6 Å². The van der Waals surface area contributed by atoms with Gasteiger partial charge in [0.25, 0.3) is 5.69 Å². The molecule has 0 amide bonds. The van der Waals surface area contributed by atoms with Gasteiger partial charge in [0.05, 0.1) is 4.92 Å². The van der Waals surface area contributed by atoms with Crippen LogP contribution in [0.3, 0.4) is 0 Å². The van der Waals surface area contributed by atoms with E-state index in [4.69, 9.17) is 16.3 Å². The van der Waals surface area contributed by atoms with Crippen LogP contribution in [0.4, 0.5) is 11.4 Å². The fourth-order valence-corrected chi connectivity index (χ4v) is 3.20. The highest BCUT2D eigenvalue weighted by Crippen LogP contribution is 2.40. The average molecular weight is 402 g/mol. The summed E-state index contributed by atoms with van der Waals surface area (Å²) in [5.74, 6) is 0.300. The zero-order valence-corrected chi connectivity index (χ0v) is 15.5. The molecule has 0 radical (unpaired) electrons. The van der Waals surface area contributed by atoms with Crippen molar-refractivity contribution in [1.29, 1.82) is 0 Å². The number of ether oxygens (including phenoxy) is 1. The van der Waals surface area contributed by atoms with Crippen molar-refractivity contribution in [2.24, 2.45) is 0 Å². The van der Waals surface area contributed by atoms with Crippen molar-refractivity contribution in [3.63, 3.8) is 0 Å². The highest BCUT2D eigenvalue weighted by atomic mass is 35.5. The van der Waals surface area contributed by atoms with Gasteiger partial charge in [-0.2, -0.15) is 4.98 Å². The summed E-state index contributed by atoms with van der Waals surface area (Å²) in [5, 5.41) is 23.3. The zero-order chi connectivity index (χ0) is 19.0. The van der Waals surface area contributed by atoms with Gasteiger partial charge in [0.15, 0.2) is 11.9 Å². The number of benzene rings is 2. The zero-order valence-electron chi connectivity index (χ0n) is 13.9. The lowest BCUT2D eigenvalue weighted by atomic mass is 10.1. The number of nitrogens with zero attached hydrogens (tertiary/aromatic N) is 4. The predicted octanol–water partition coefficient (Wildman–Crippen LogP) is 4.33. The minimum atomic E-state index is -0.713. The Labute approximate surface area is 163 Å². The van der Waals surface area contributed by atoms with E-state index in [1.807, 2.05) is 30.5 Å². The summed E-state index contributed by atoms with van der Waals surface area (Å²) in [6, 6.07) is 12.0. The van der Waals surface area contributed by atoms with E-state index in [2.05, 4.69) is 20.5 Å². The van der Waals surface area contributed by atoms with Gasteiger partial charge in [-0.3, -0.25) is 10.1 Å². The Morgan fingerprint density at radius 3 is 2.85 bits per heavy atom. The Balaban J connectivity index is 1.85. The fraction of sp³-hybridized carbons (Fsp3) is 0.118. The van der Waals surface area contributed by atoms with Crippen molar-refractivity contribution >= 4 is 34.7 Å². The second kappa shape index (κ2) is 7.01. The first kappa shape index (κ1) is 17.5. The van der Waals surface area contributed by atoms with Crippen molar-refractivity contribution in [2.75, 3.05) is 11.6 Å². The predicted molar refractivity (Wildman–Crippen MR) is 102 cm³/mol. The number of nitro benzene ring substituents is 1. The summed E-state index contributed by atoms with van der Waals surface area (Å²) in [5.41, 5.74) is 2.39. The van der Waals surface area contributed by atoms with Gasteiger partial charge in [-0.05, 0) is 18.4 Å². The van der Waals surface area contributed by atoms with E-state index in [1.54, 1.807) is 6.07 Å². The van der Waals surface area contributed by atoms with Crippen molar-refractivity contribution in [3.05, 3.63) is 63.2 Å². The summed E-state index contributed by atoms with van der Waals surface area (Å²) in [6.45, 7) is 0. The van der Waals surface area contributed by atoms with Crippen LogP contribution in [0.5, 0.6) is 5.88 Å². The Hall–Kier alpha value is -2.91. The number of para-hydroxylation sites is 1. The lowest BCUT2D eigenvalue weighted by Crippen LogP contribution is -2.17. The molecule has 0 saturated heterocycles. The number of nitrogens with one attached hydrogen (secondary N) is 1. The smallest absolute Gasteiger partial charge is 0.288 e. The number of aromatic nitrogens is 3. The SMILES string of the molecule is CSc1nnc2c(n1)OC(c1ccc(Cl)c([N+](=O)[O-])c1)Nc1ccccc1-2. The third kappa shape index (κ3) is 3.26. The molecule has 0 saturated carbocycles. The number of anilines is 1. The van der Waals surface area contributed by atoms with Crippen LogP contribution in [-0.4, -0.2) is 26.4 Å². The van der Waals surface area contributed by atoms with Crippen LogP contribution >= 0.6 is 23.4 Å². The van der Waals surface area contributed by atoms with E-state index >= 15 is 0 Å². The van der Waals surface area contributed by atoms with Crippen LogP contribution < -0.4 is 10.1 Å². The number of rotatable bonds is 3. The maximum Gasteiger partial charge on any atom is 0.288 e. The molecule has 136 valence electrons. The number of nitro groups is 1. The van der Waals surface area contributed by atoms with Crippen LogP contribution in [-0.2, 0) is 0 Å². The molecule has 1 atom stereocenters. The van der Waals surface area contributed by atoms with Gasteiger partial charge in [0, 0.05) is 22.9 Å². The molecule has 0 aliphatic carbocycles. The van der Waals surface area contributed by atoms with Crippen LogP contribution in [0.2, 0.25) is 5.02 Å². The highest BCUT2D eigenvalue weighted by molar-refractivity contribution is 7.98. The molecule has 1 aromatic heterocycles. The molecular weight excluding hydrogens is 390 g/mol. The lowest BCUT2D eigenvalue weighted by molar-refractivity contribution is -0.384. The maximum atomic E-state index is 11.2. The Bertz CT molecular complexity index is 1050. The number of hydrogen-bond donors (Lipinski definition) is 1. The average Bonchev–Trinajstić information content (AvgIpc) is 2.84. The fourth-order valence-electron chi connectivity index (χ4n) is 2.72. The molecule has 4 rings (SSSR count). The highest BCUT2D eigenvalue weighted by Gasteiger charge is 2.27. The van der Waals surface area contributed by atoms with Crippen LogP contribution in [0.25, 0.3) is 11.3 Å². The minimum absolute atomic E-state index is 0.0619. The number of halogens is 1. The summed E-state index contributed by atoms with van der Waals surface area (Å²) in [7, 11) is 0. The van der Waals surface area contributed by atoms with Gasteiger partial charge in [-0.15, -0.1) is 10.2 Å². The number of fused-ring (bicyclic) bond motifs is 3. The van der Waals surface area contributed by atoms with Gasteiger partial charge in [0.2, 0.25) is 11.0 Å². The minimum Gasteiger partial charge on any atom is -0.448 e. The molecule has 1 aliphatic heterocycles. The molecule has 3 aromatic rings. The molecule has 27 heavy (non-hydrogen) atoms. The van der Waals surface area contributed by atoms with Crippen molar-refractivity contribution in [1.82, 2.24) is 15.2 Å². The van der Waals surface area contributed by atoms with Gasteiger partial charge >= 0.3 is 0 Å². The third-order valence-corrected chi connectivity index (χ3v) is 4.84. The van der Waals surface area contributed by atoms with Gasteiger partial charge in [-0.25, -0.2) is 0 Å². The quantitative estimate of drug-likeness (QED) is 0.393. The lowest BCUT2D eigenvalue weighted by Gasteiger charge is -2.19. The van der Waals surface area contributed by atoms with Crippen LogP contribution in [0, 0.1) is 10.1 Å². The summed E-state index contributed by atoms with van der Waals surface area (Å²) < 4.78 is 6.04. The molecule has 2 heterocycles. The van der Waals surface area contributed by atoms with E-state index in [0.29, 0.717) is 22.3 Å². The molecule has 1 N–H and O–H groups in total. The molecule has 0 spiro atoms. The van der Waals surface area contributed by atoms with Gasteiger partial charge < -0.3 is 10.1 Å². The third-order valence-electron chi connectivity index (χ3n) is 3.99. The van der Waals surface area contributed by atoms with E-state index in [1.165, 1.54) is 23.9 Å². The summed E-state index contributed by atoms with van der Waals surface area (Å²) >= 11 is 7.27. The molecule has 1 aliphatic rings. The molecule has 1 unspecified atom stereocenters. The normalized spacial score (nSPS) is 15.0. The second-order valence-electron chi connectivity index (χ2n) is 5.61. The Morgan fingerprint density at radius 1 is 1.26 bits per heavy atom. The first-order chi connectivity index (χ1) is 13.1. The van der Waals surface area contributed by atoms with E-state index in [-0.39, 0.29) is 10.7 Å². The number of thioether (sulfide) groups is 1. The summed E-state index contributed by atoms with van der Waals surface area (Å²) in [4.78, 5) is 15.1. The Kier molecular flexibility index (Phi) is 4.54. The Morgan fingerprint density at radius 2 is 2.07 bits per heavy atom. The molecule has 10 heteroatoms. The molecule has 0 bridgehead atoms. The van der Waals surface area contributed by atoms with Crippen molar-refractivity contribution in [3.8, 4) is 17.1 Å². The maximum absolute atomic E-state index is 11.2. The van der Waals surface area contributed by atoms with E-state index in [0.717, 1.165) is 11.3 Å². The van der Waals surface area contributed by atoms with Gasteiger partial charge in [0.1, 0.15) is 5.02 Å². The molecule has 8 nitrogen and oxygen atoms in total. The van der Waals surface area contributed by atoms with Crippen molar-refractivity contribution in [2.45, 2.75) is 11.4 Å². The monoisotopic (exact) mass is 401 g/mol. The molecular formula is C17H12ClN5O3S. The first-order valence-electron chi connectivity index (χ1n) is 7.82. The van der Waals surface area contributed by atoms with Crippen LogP contribution in [0.15, 0.2) is 47.6 Å². The van der Waals surface area contributed by atoms with E-state index in [9.17, 15) is 10.1 Å².